The summed E-state index contributed by atoms with van der Waals surface area (Å²) in [6.07, 6.45) is 4.60. The average molecular weight is 373 g/mol. The van der Waals surface area contributed by atoms with E-state index in [9.17, 15) is 0 Å². The number of aryl methyl sites for hydroxylation is 1. The molecule has 26 heavy (non-hydrogen) atoms. The molecule has 2 aromatic heterocycles. The standard InChI is InChI=1S/C19H25ClN6/c1-3-21-19(24-12-17-14(2)6-4-9-22-17)25-15-8-11-26(13-15)18-16(20)7-5-10-23-18/h4-7,9-10,15H,3,8,11-13H2,1-2H3,(H2,21,24,25). The zero-order chi connectivity index (χ0) is 18.4. The smallest absolute Gasteiger partial charge is 0.191 e. The minimum absolute atomic E-state index is 0.302. The quantitative estimate of drug-likeness (QED) is 0.624. The summed E-state index contributed by atoms with van der Waals surface area (Å²) in [6, 6.07) is 8.04. The molecular weight excluding hydrogens is 348 g/mol. The predicted molar refractivity (Wildman–Crippen MR) is 107 cm³/mol. The van der Waals surface area contributed by atoms with E-state index in [0.29, 0.717) is 17.6 Å². The van der Waals surface area contributed by atoms with Crippen LogP contribution in [-0.4, -0.2) is 41.6 Å². The summed E-state index contributed by atoms with van der Waals surface area (Å²) in [5, 5.41) is 7.53. The SMILES string of the molecule is CCNC(=NCc1ncccc1C)NC1CCN(c2ncccc2Cl)C1. The van der Waals surface area contributed by atoms with Crippen LogP contribution < -0.4 is 15.5 Å². The van der Waals surface area contributed by atoms with E-state index in [0.717, 1.165) is 49.1 Å². The van der Waals surface area contributed by atoms with Crippen LogP contribution in [0, 0.1) is 6.92 Å². The molecule has 0 radical (unpaired) electrons. The molecule has 0 amide bonds. The average Bonchev–Trinajstić information content (AvgIpc) is 3.10. The summed E-state index contributed by atoms with van der Waals surface area (Å²) in [6.45, 7) is 7.28. The first-order valence-electron chi connectivity index (χ1n) is 8.98. The topological polar surface area (TPSA) is 65.4 Å². The predicted octanol–water partition coefficient (Wildman–Crippen LogP) is 2.77. The molecule has 1 saturated heterocycles. The Morgan fingerprint density at radius 2 is 2.12 bits per heavy atom. The first-order chi connectivity index (χ1) is 12.7. The largest absolute Gasteiger partial charge is 0.357 e. The van der Waals surface area contributed by atoms with Crippen LogP contribution in [0.5, 0.6) is 0 Å². The molecule has 0 aliphatic carbocycles. The Morgan fingerprint density at radius 3 is 2.88 bits per heavy atom. The fourth-order valence-electron chi connectivity index (χ4n) is 3.03. The molecule has 1 unspecified atom stereocenters. The normalized spacial score (nSPS) is 17.4. The molecule has 1 aliphatic rings. The van der Waals surface area contributed by atoms with Crippen molar-refractivity contribution in [3.63, 3.8) is 0 Å². The van der Waals surface area contributed by atoms with Gasteiger partial charge in [0.25, 0.3) is 0 Å². The second-order valence-electron chi connectivity index (χ2n) is 6.35. The highest BCUT2D eigenvalue weighted by Crippen LogP contribution is 2.25. The summed E-state index contributed by atoms with van der Waals surface area (Å²) in [5.41, 5.74) is 2.15. The number of halogens is 1. The summed E-state index contributed by atoms with van der Waals surface area (Å²) in [4.78, 5) is 15.7. The maximum absolute atomic E-state index is 6.27. The van der Waals surface area contributed by atoms with Crippen molar-refractivity contribution in [1.82, 2.24) is 20.6 Å². The van der Waals surface area contributed by atoms with Crippen molar-refractivity contribution in [1.29, 1.82) is 0 Å². The Kier molecular flexibility index (Phi) is 6.28. The van der Waals surface area contributed by atoms with E-state index < -0.39 is 0 Å². The van der Waals surface area contributed by atoms with Crippen molar-refractivity contribution < 1.29 is 0 Å². The van der Waals surface area contributed by atoms with Crippen LogP contribution in [0.1, 0.15) is 24.6 Å². The maximum atomic E-state index is 6.27. The lowest BCUT2D eigenvalue weighted by molar-refractivity contribution is 0.648. The van der Waals surface area contributed by atoms with Gasteiger partial charge in [-0.05, 0) is 44.0 Å². The van der Waals surface area contributed by atoms with E-state index in [1.54, 1.807) is 6.20 Å². The monoisotopic (exact) mass is 372 g/mol. The van der Waals surface area contributed by atoms with E-state index in [1.165, 1.54) is 0 Å². The van der Waals surface area contributed by atoms with Crippen LogP contribution in [0.2, 0.25) is 5.02 Å². The van der Waals surface area contributed by atoms with E-state index in [-0.39, 0.29) is 0 Å². The molecule has 1 aliphatic heterocycles. The molecule has 0 aromatic carbocycles. The molecule has 3 rings (SSSR count). The second kappa shape index (κ2) is 8.85. The molecule has 3 heterocycles. The van der Waals surface area contributed by atoms with Crippen molar-refractivity contribution in [2.75, 3.05) is 24.5 Å². The Hall–Kier alpha value is -2.34. The minimum atomic E-state index is 0.302. The molecule has 1 atom stereocenters. The van der Waals surface area contributed by atoms with E-state index in [2.05, 4.69) is 45.4 Å². The van der Waals surface area contributed by atoms with Crippen molar-refractivity contribution in [3.05, 3.63) is 52.9 Å². The zero-order valence-corrected chi connectivity index (χ0v) is 16.0. The molecule has 0 bridgehead atoms. The molecule has 1 fully saturated rings. The Morgan fingerprint density at radius 1 is 1.31 bits per heavy atom. The third-order valence-electron chi connectivity index (χ3n) is 4.42. The van der Waals surface area contributed by atoms with Crippen molar-refractivity contribution in [2.45, 2.75) is 32.9 Å². The van der Waals surface area contributed by atoms with Gasteiger partial charge in [0, 0.05) is 38.1 Å². The molecule has 2 N–H and O–H groups in total. The molecule has 0 spiro atoms. The van der Waals surface area contributed by atoms with Gasteiger partial charge in [-0.1, -0.05) is 17.7 Å². The first-order valence-corrected chi connectivity index (χ1v) is 9.36. The van der Waals surface area contributed by atoms with Crippen LogP contribution in [0.15, 0.2) is 41.7 Å². The van der Waals surface area contributed by atoms with Gasteiger partial charge in [0.2, 0.25) is 0 Å². The molecule has 0 saturated carbocycles. The van der Waals surface area contributed by atoms with Gasteiger partial charge in [-0.15, -0.1) is 0 Å². The number of nitrogens with zero attached hydrogens (tertiary/aromatic N) is 4. The summed E-state index contributed by atoms with van der Waals surface area (Å²) >= 11 is 6.27. The Bertz CT molecular complexity index is 763. The third kappa shape index (κ3) is 4.64. The number of hydrogen-bond acceptors (Lipinski definition) is 4. The fourth-order valence-corrected chi connectivity index (χ4v) is 3.27. The van der Waals surface area contributed by atoms with Crippen molar-refractivity contribution in [2.24, 2.45) is 4.99 Å². The molecular formula is C19H25ClN6. The zero-order valence-electron chi connectivity index (χ0n) is 15.2. The van der Waals surface area contributed by atoms with Gasteiger partial charge >= 0.3 is 0 Å². The highest BCUT2D eigenvalue weighted by Gasteiger charge is 2.25. The molecule has 138 valence electrons. The van der Waals surface area contributed by atoms with Gasteiger partial charge in [-0.2, -0.15) is 0 Å². The first kappa shape index (κ1) is 18.5. The number of guanidine groups is 1. The summed E-state index contributed by atoms with van der Waals surface area (Å²) < 4.78 is 0. The lowest BCUT2D eigenvalue weighted by Gasteiger charge is -2.20. The third-order valence-corrected chi connectivity index (χ3v) is 4.71. The Balaban J connectivity index is 1.63. The fraction of sp³-hybridized carbons (Fsp3) is 0.421. The van der Waals surface area contributed by atoms with Crippen LogP contribution in [0.3, 0.4) is 0 Å². The molecule has 2 aromatic rings. The summed E-state index contributed by atoms with van der Waals surface area (Å²) in [5.74, 6) is 1.67. The van der Waals surface area contributed by atoms with E-state index in [4.69, 9.17) is 16.6 Å². The maximum Gasteiger partial charge on any atom is 0.191 e. The number of anilines is 1. The van der Waals surface area contributed by atoms with Crippen LogP contribution in [0.25, 0.3) is 0 Å². The van der Waals surface area contributed by atoms with Crippen LogP contribution >= 0.6 is 11.6 Å². The van der Waals surface area contributed by atoms with Gasteiger partial charge in [-0.3, -0.25) is 4.98 Å². The van der Waals surface area contributed by atoms with Crippen molar-refractivity contribution >= 4 is 23.4 Å². The van der Waals surface area contributed by atoms with E-state index in [1.807, 2.05) is 24.4 Å². The lowest BCUT2D eigenvalue weighted by Crippen LogP contribution is -2.44. The van der Waals surface area contributed by atoms with Gasteiger partial charge in [0.15, 0.2) is 5.96 Å². The second-order valence-corrected chi connectivity index (χ2v) is 6.75. The van der Waals surface area contributed by atoms with Gasteiger partial charge in [0.1, 0.15) is 5.82 Å². The van der Waals surface area contributed by atoms with Crippen LogP contribution in [0.4, 0.5) is 5.82 Å². The van der Waals surface area contributed by atoms with Gasteiger partial charge in [0.05, 0.1) is 17.3 Å². The van der Waals surface area contributed by atoms with Gasteiger partial charge < -0.3 is 15.5 Å². The summed E-state index contributed by atoms with van der Waals surface area (Å²) in [7, 11) is 0. The number of nitrogens with one attached hydrogen (secondary N) is 2. The highest BCUT2D eigenvalue weighted by molar-refractivity contribution is 6.32. The van der Waals surface area contributed by atoms with Crippen LogP contribution in [-0.2, 0) is 6.54 Å². The van der Waals surface area contributed by atoms with Crippen molar-refractivity contribution in [3.8, 4) is 0 Å². The lowest BCUT2D eigenvalue weighted by atomic mass is 10.2. The number of aromatic nitrogens is 2. The number of hydrogen-bond donors (Lipinski definition) is 2. The molecule has 6 nitrogen and oxygen atoms in total. The minimum Gasteiger partial charge on any atom is -0.357 e. The number of rotatable bonds is 5. The molecule has 7 heteroatoms. The van der Waals surface area contributed by atoms with Gasteiger partial charge in [-0.25, -0.2) is 9.98 Å². The number of aliphatic imine (C=N–C) groups is 1. The Labute approximate surface area is 159 Å². The highest BCUT2D eigenvalue weighted by atomic mass is 35.5. The number of pyridine rings is 2. The van der Waals surface area contributed by atoms with E-state index >= 15 is 0 Å².